The standard InChI is InChI=1S/C35H44N4O6S/c1-25(10-8-21-40)9-7-11-27(3)46(42,43)35(18-19-35)31-23-32(39-20-22-44-24-26(39)2)38-33(37-31)28-14-16-29(17-15-28)36-34(41)45-30-12-5-4-6-13-30/h4-6,12-17,21,23,25-27H,7-11,18-20,22,24H2,1-3H3,(H,36,41)/t25?,26-,27?/m0/s1. The van der Waals surface area contributed by atoms with Crippen LogP contribution in [0.3, 0.4) is 0 Å². The molecule has 2 unspecified atom stereocenters. The molecule has 3 atom stereocenters. The molecule has 5 rings (SSSR count). The fourth-order valence-corrected chi connectivity index (χ4v) is 8.36. The van der Waals surface area contributed by atoms with E-state index in [1.165, 1.54) is 0 Å². The molecule has 11 heteroatoms. The summed E-state index contributed by atoms with van der Waals surface area (Å²) in [5.41, 5.74) is 1.78. The van der Waals surface area contributed by atoms with Crippen LogP contribution in [0.4, 0.5) is 16.3 Å². The molecule has 1 N–H and O–H groups in total. The van der Waals surface area contributed by atoms with E-state index in [-0.39, 0.29) is 6.04 Å². The van der Waals surface area contributed by atoms with Gasteiger partial charge in [0, 0.05) is 30.3 Å². The largest absolute Gasteiger partial charge is 0.417 e. The lowest BCUT2D eigenvalue weighted by Crippen LogP contribution is -2.44. The monoisotopic (exact) mass is 648 g/mol. The van der Waals surface area contributed by atoms with Crippen molar-refractivity contribution >= 4 is 33.7 Å². The molecule has 1 saturated carbocycles. The van der Waals surface area contributed by atoms with Gasteiger partial charge in [0.05, 0.1) is 30.2 Å². The van der Waals surface area contributed by atoms with Crippen molar-refractivity contribution in [2.24, 2.45) is 5.92 Å². The van der Waals surface area contributed by atoms with Gasteiger partial charge in [0.25, 0.3) is 0 Å². The van der Waals surface area contributed by atoms with Gasteiger partial charge in [-0.15, -0.1) is 0 Å². The lowest BCUT2D eigenvalue weighted by molar-refractivity contribution is -0.108. The number of anilines is 2. The maximum Gasteiger partial charge on any atom is 0.417 e. The third-order valence-electron chi connectivity index (χ3n) is 9.05. The Hall–Kier alpha value is -3.83. The molecule has 1 aliphatic heterocycles. The normalized spacial score (nSPS) is 18.8. The Morgan fingerprint density at radius 2 is 1.83 bits per heavy atom. The zero-order valence-electron chi connectivity index (χ0n) is 26.9. The van der Waals surface area contributed by atoms with Gasteiger partial charge in [-0.25, -0.2) is 23.2 Å². The minimum Gasteiger partial charge on any atom is -0.410 e. The quantitative estimate of drug-likeness (QED) is 0.193. The van der Waals surface area contributed by atoms with Gasteiger partial charge in [-0.3, -0.25) is 5.32 Å². The Morgan fingerprint density at radius 3 is 2.50 bits per heavy atom. The van der Waals surface area contributed by atoms with Crippen LogP contribution < -0.4 is 15.0 Å². The fraction of sp³-hybridized carbons (Fsp3) is 0.486. The number of carbonyl (C=O) groups is 2. The number of sulfone groups is 1. The predicted octanol–water partition coefficient (Wildman–Crippen LogP) is 6.56. The summed E-state index contributed by atoms with van der Waals surface area (Å²) in [5.74, 6) is 1.94. The maximum atomic E-state index is 14.1. The second kappa shape index (κ2) is 14.7. The lowest BCUT2D eigenvalue weighted by Gasteiger charge is -2.35. The van der Waals surface area contributed by atoms with E-state index in [1.807, 2.05) is 31.2 Å². The highest BCUT2D eigenvalue weighted by Crippen LogP contribution is 2.54. The number of aldehydes is 1. The van der Waals surface area contributed by atoms with Gasteiger partial charge in [-0.1, -0.05) is 38.0 Å². The SMILES string of the molecule is CC(CCC=O)CCCC(C)S(=O)(=O)C1(c2cc(N3CCOC[C@@H]3C)nc(-c3ccc(NC(=O)Oc4ccccc4)cc3)n2)CC1. The van der Waals surface area contributed by atoms with Crippen LogP contribution in [0.2, 0.25) is 0 Å². The van der Waals surface area contributed by atoms with Gasteiger partial charge in [0.15, 0.2) is 15.7 Å². The van der Waals surface area contributed by atoms with Crippen molar-refractivity contribution in [3.8, 4) is 17.1 Å². The van der Waals surface area contributed by atoms with E-state index in [2.05, 4.69) is 24.1 Å². The third-order valence-corrected chi connectivity index (χ3v) is 12.0. The van der Waals surface area contributed by atoms with Crippen molar-refractivity contribution in [1.29, 1.82) is 0 Å². The Bertz CT molecular complexity index is 1600. The number of hydrogen-bond acceptors (Lipinski definition) is 9. The molecule has 3 aromatic rings. The van der Waals surface area contributed by atoms with Crippen LogP contribution in [0, 0.1) is 5.92 Å². The zero-order chi connectivity index (χ0) is 32.7. The first kappa shape index (κ1) is 33.5. The molecule has 2 aliphatic rings. The topological polar surface area (TPSA) is 128 Å². The van der Waals surface area contributed by atoms with Crippen LogP contribution in [0.5, 0.6) is 5.75 Å². The molecule has 2 heterocycles. The number of nitrogens with one attached hydrogen (secondary N) is 1. The molecule has 1 aliphatic carbocycles. The second-order valence-corrected chi connectivity index (χ2v) is 15.3. The molecule has 2 aromatic carbocycles. The van der Waals surface area contributed by atoms with Crippen molar-refractivity contribution in [2.75, 3.05) is 30.0 Å². The molecule has 46 heavy (non-hydrogen) atoms. The molecule has 1 amide bonds. The van der Waals surface area contributed by atoms with Gasteiger partial charge in [-0.05, 0) is 81.8 Å². The van der Waals surface area contributed by atoms with Crippen molar-refractivity contribution in [1.82, 2.24) is 9.97 Å². The fourth-order valence-electron chi connectivity index (χ4n) is 6.04. The van der Waals surface area contributed by atoms with Crippen LogP contribution in [0.1, 0.15) is 71.4 Å². The lowest BCUT2D eigenvalue weighted by atomic mass is 9.99. The first-order chi connectivity index (χ1) is 22.1. The average Bonchev–Trinajstić information content (AvgIpc) is 3.88. The number of morpholine rings is 1. The number of carbonyl (C=O) groups excluding carboxylic acids is 2. The molecule has 246 valence electrons. The number of nitrogens with zero attached hydrogens (tertiary/aromatic N) is 3. The molecule has 2 fully saturated rings. The number of ether oxygens (including phenoxy) is 2. The van der Waals surface area contributed by atoms with E-state index in [0.717, 1.165) is 25.5 Å². The highest BCUT2D eigenvalue weighted by molar-refractivity contribution is 7.93. The van der Waals surface area contributed by atoms with E-state index >= 15 is 0 Å². The van der Waals surface area contributed by atoms with Crippen LogP contribution in [0.25, 0.3) is 11.4 Å². The summed E-state index contributed by atoms with van der Waals surface area (Å²) in [6.07, 6.45) is 5.01. The van der Waals surface area contributed by atoms with E-state index in [4.69, 9.17) is 19.4 Å². The minimum atomic E-state index is -3.55. The number of para-hydroxylation sites is 1. The van der Waals surface area contributed by atoms with Crippen molar-refractivity contribution in [2.45, 2.75) is 81.8 Å². The number of rotatable bonds is 14. The first-order valence-electron chi connectivity index (χ1n) is 16.2. The molecular formula is C35H44N4O6S. The Morgan fingerprint density at radius 1 is 1.09 bits per heavy atom. The van der Waals surface area contributed by atoms with E-state index in [1.54, 1.807) is 36.4 Å². The predicted molar refractivity (Wildman–Crippen MR) is 179 cm³/mol. The first-order valence-corrected chi connectivity index (χ1v) is 17.7. The van der Waals surface area contributed by atoms with Gasteiger partial charge >= 0.3 is 6.09 Å². The van der Waals surface area contributed by atoms with Crippen LogP contribution in [0.15, 0.2) is 60.7 Å². The molecule has 0 bridgehead atoms. The van der Waals surface area contributed by atoms with Gasteiger partial charge < -0.3 is 19.2 Å². The van der Waals surface area contributed by atoms with Crippen molar-refractivity contribution < 1.29 is 27.5 Å². The number of aromatic nitrogens is 2. The van der Waals surface area contributed by atoms with Crippen LogP contribution >= 0.6 is 0 Å². The van der Waals surface area contributed by atoms with Gasteiger partial charge in [0.2, 0.25) is 0 Å². The van der Waals surface area contributed by atoms with E-state index in [9.17, 15) is 18.0 Å². The van der Waals surface area contributed by atoms with Gasteiger partial charge in [-0.2, -0.15) is 0 Å². The Labute approximate surface area is 271 Å². The smallest absolute Gasteiger partial charge is 0.410 e. The van der Waals surface area contributed by atoms with Crippen molar-refractivity contribution in [3.05, 3.63) is 66.4 Å². The number of hydrogen-bond donors (Lipinski definition) is 1. The summed E-state index contributed by atoms with van der Waals surface area (Å²) >= 11 is 0. The minimum absolute atomic E-state index is 0.0680. The number of benzene rings is 2. The number of amides is 1. The van der Waals surface area contributed by atoms with Crippen LogP contribution in [-0.2, 0) is 24.1 Å². The Kier molecular flexibility index (Phi) is 10.7. The summed E-state index contributed by atoms with van der Waals surface area (Å²) in [4.78, 5) is 35.1. The Balaban J connectivity index is 1.38. The van der Waals surface area contributed by atoms with E-state index in [0.29, 0.717) is 85.7 Å². The van der Waals surface area contributed by atoms with Crippen molar-refractivity contribution in [3.63, 3.8) is 0 Å². The highest BCUT2D eigenvalue weighted by Gasteiger charge is 2.58. The molecule has 1 saturated heterocycles. The zero-order valence-corrected chi connectivity index (χ0v) is 27.7. The summed E-state index contributed by atoms with van der Waals surface area (Å²) in [5, 5.41) is 2.22. The molecule has 0 spiro atoms. The maximum absolute atomic E-state index is 14.1. The van der Waals surface area contributed by atoms with E-state index < -0.39 is 25.9 Å². The second-order valence-electron chi connectivity index (χ2n) is 12.6. The summed E-state index contributed by atoms with van der Waals surface area (Å²) < 4.78 is 38.2. The summed E-state index contributed by atoms with van der Waals surface area (Å²) in [7, 11) is -3.55. The van der Waals surface area contributed by atoms with Crippen LogP contribution in [-0.4, -0.2) is 61.8 Å². The molecule has 0 radical (unpaired) electrons. The summed E-state index contributed by atoms with van der Waals surface area (Å²) in [6, 6.07) is 17.9. The molecular weight excluding hydrogens is 604 g/mol. The highest BCUT2D eigenvalue weighted by atomic mass is 32.2. The molecule has 1 aromatic heterocycles. The summed E-state index contributed by atoms with van der Waals surface area (Å²) in [6.45, 7) is 7.75. The average molecular weight is 649 g/mol. The molecule has 10 nitrogen and oxygen atoms in total. The van der Waals surface area contributed by atoms with Gasteiger partial charge in [0.1, 0.15) is 22.6 Å². The third kappa shape index (κ3) is 7.75.